The summed E-state index contributed by atoms with van der Waals surface area (Å²) in [6, 6.07) is -1.17. The van der Waals surface area contributed by atoms with E-state index in [0.717, 1.165) is 25.7 Å². The Bertz CT molecular complexity index is 722. The number of carbonyl (C=O) groups is 1. The van der Waals surface area contributed by atoms with Crippen LogP contribution in [0.15, 0.2) is 24.3 Å². The number of carbonyl (C=O) groups excluding carboxylic acids is 1. The van der Waals surface area contributed by atoms with Crippen LogP contribution in [-0.4, -0.2) is 53.1 Å². The van der Waals surface area contributed by atoms with Crippen molar-refractivity contribution in [2.75, 3.05) is 5.75 Å². The van der Waals surface area contributed by atoms with Gasteiger partial charge < -0.3 is 15.5 Å². The summed E-state index contributed by atoms with van der Waals surface area (Å²) in [5, 5.41) is 23.1. The summed E-state index contributed by atoms with van der Waals surface area (Å²) in [6.07, 6.45) is 25.2. The molecule has 7 nitrogen and oxygen atoms in total. The SMILES string of the molecule is CCCCCCCC/C=C\C/C=C\CC(O)C(=O)NC(CS(=O)(=O)O)C(O)CCCCCCCCCCC. The molecule has 1 amide bonds. The summed E-state index contributed by atoms with van der Waals surface area (Å²) in [7, 11) is -4.41. The topological polar surface area (TPSA) is 124 Å². The van der Waals surface area contributed by atoms with Crippen LogP contribution in [0.4, 0.5) is 0 Å². The number of hydrogen-bond donors (Lipinski definition) is 4. The molecular formula is C30H57NO6S. The number of amides is 1. The second-order valence-corrected chi connectivity index (χ2v) is 12.0. The van der Waals surface area contributed by atoms with Gasteiger partial charge in [0.25, 0.3) is 10.1 Å². The fourth-order valence-corrected chi connectivity index (χ4v) is 5.14. The van der Waals surface area contributed by atoms with Crippen molar-refractivity contribution in [3.63, 3.8) is 0 Å². The highest BCUT2D eigenvalue weighted by molar-refractivity contribution is 7.85. The monoisotopic (exact) mass is 559 g/mol. The van der Waals surface area contributed by atoms with Crippen molar-refractivity contribution in [2.24, 2.45) is 0 Å². The third-order valence-electron chi connectivity index (χ3n) is 6.78. The van der Waals surface area contributed by atoms with E-state index < -0.39 is 40.0 Å². The zero-order valence-corrected chi connectivity index (χ0v) is 25.0. The number of unbranched alkanes of at least 4 members (excludes halogenated alkanes) is 14. The van der Waals surface area contributed by atoms with E-state index in [4.69, 9.17) is 0 Å². The smallest absolute Gasteiger partial charge is 0.266 e. The Kier molecular flexibility index (Phi) is 24.0. The summed E-state index contributed by atoms with van der Waals surface area (Å²) in [4.78, 5) is 12.4. The van der Waals surface area contributed by atoms with Crippen molar-refractivity contribution in [1.29, 1.82) is 0 Å². The Labute approximate surface area is 233 Å². The lowest BCUT2D eigenvalue weighted by molar-refractivity contribution is -0.130. The van der Waals surface area contributed by atoms with Gasteiger partial charge in [0, 0.05) is 6.42 Å². The molecule has 0 aromatic carbocycles. The second-order valence-electron chi connectivity index (χ2n) is 10.5. The van der Waals surface area contributed by atoms with Crippen LogP contribution in [0.2, 0.25) is 0 Å². The van der Waals surface area contributed by atoms with Crippen LogP contribution in [0.3, 0.4) is 0 Å². The summed E-state index contributed by atoms with van der Waals surface area (Å²) in [6.45, 7) is 4.41. The minimum atomic E-state index is -4.41. The van der Waals surface area contributed by atoms with Crippen molar-refractivity contribution in [3.8, 4) is 0 Å². The van der Waals surface area contributed by atoms with Crippen LogP contribution in [-0.2, 0) is 14.9 Å². The maximum atomic E-state index is 12.4. The number of hydrogen-bond acceptors (Lipinski definition) is 5. The highest BCUT2D eigenvalue weighted by Gasteiger charge is 2.28. The largest absolute Gasteiger partial charge is 0.391 e. The van der Waals surface area contributed by atoms with E-state index in [-0.39, 0.29) is 6.42 Å². The fraction of sp³-hybridized carbons (Fsp3) is 0.833. The molecule has 0 aliphatic carbocycles. The fourth-order valence-electron chi connectivity index (χ4n) is 4.38. The molecule has 0 rings (SSSR count). The molecule has 0 fully saturated rings. The Balaban J connectivity index is 4.31. The average Bonchev–Trinajstić information content (AvgIpc) is 2.86. The molecule has 0 saturated heterocycles. The van der Waals surface area contributed by atoms with Gasteiger partial charge in [0.2, 0.25) is 5.91 Å². The normalized spacial score (nSPS) is 14.8. The average molecular weight is 560 g/mol. The molecule has 0 aliphatic heterocycles. The summed E-state index contributed by atoms with van der Waals surface area (Å²) in [5.74, 6) is -1.54. The maximum absolute atomic E-state index is 12.4. The van der Waals surface area contributed by atoms with E-state index in [1.54, 1.807) is 6.08 Å². The van der Waals surface area contributed by atoms with Gasteiger partial charge in [0.15, 0.2) is 0 Å². The van der Waals surface area contributed by atoms with E-state index in [0.29, 0.717) is 19.3 Å². The zero-order chi connectivity index (χ0) is 28.5. The lowest BCUT2D eigenvalue weighted by atomic mass is 10.0. The molecule has 0 spiro atoms. The van der Waals surface area contributed by atoms with Crippen LogP contribution >= 0.6 is 0 Å². The van der Waals surface area contributed by atoms with Gasteiger partial charge in [0.1, 0.15) is 6.10 Å². The minimum absolute atomic E-state index is 0.0873. The van der Waals surface area contributed by atoms with Crippen molar-refractivity contribution in [1.82, 2.24) is 5.32 Å². The first-order chi connectivity index (χ1) is 18.2. The van der Waals surface area contributed by atoms with Crippen molar-refractivity contribution in [2.45, 2.75) is 154 Å². The lowest BCUT2D eigenvalue weighted by Crippen LogP contribution is -2.50. The standard InChI is InChI=1S/C30H57NO6S/c1-3-5-7-9-11-13-14-15-17-19-21-23-25-29(33)30(34)31-27(26-38(35,36)37)28(32)24-22-20-18-16-12-10-8-6-4-2/h15,17,21,23,27-29,32-33H,3-14,16,18-20,22,24-26H2,1-2H3,(H,31,34)(H,35,36,37)/b17-15-,23-21-. The highest BCUT2D eigenvalue weighted by Crippen LogP contribution is 2.14. The molecule has 8 heteroatoms. The van der Waals surface area contributed by atoms with Gasteiger partial charge in [-0.05, 0) is 25.7 Å². The second kappa shape index (κ2) is 24.8. The van der Waals surface area contributed by atoms with Crippen LogP contribution in [0.5, 0.6) is 0 Å². The van der Waals surface area contributed by atoms with Gasteiger partial charge in [-0.1, -0.05) is 128 Å². The zero-order valence-electron chi connectivity index (χ0n) is 24.2. The molecule has 3 atom stereocenters. The first kappa shape index (κ1) is 36.8. The van der Waals surface area contributed by atoms with E-state index >= 15 is 0 Å². The quantitative estimate of drug-likeness (QED) is 0.0535. The number of nitrogens with one attached hydrogen (secondary N) is 1. The molecule has 38 heavy (non-hydrogen) atoms. The third kappa shape index (κ3) is 23.9. The van der Waals surface area contributed by atoms with Gasteiger partial charge in [-0.25, -0.2) is 0 Å². The number of aliphatic hydroxyl groups excluding tert-OH is 2. The van der Waals surface area contributed by atoms with E-state index in [9.17, 15) is 28.0 Å². The number of allylic oxidation sites excluding steroid dienone is 3. The van der Waals surface area contributed by atoms with Crippen molar-refractivity contribution in [3.05, 3.63) is 24.3 Å². The highest BCUT2D eigenvalue weighted by atomic mass is 32.2. The summed E-state index contributed by atoms with van der Waals surface area (Å²) < 4.78 is 32.1. The summed E-state index contributed by atoms with van der Waals surface area (Å²) >= 11 is 0. The van der Waals surface area contributed by atoms with Gasteiger partial charge >= 0.3 is 0 Å². The maximum Gasteiger partial charge on any atom is 0.266 e. The van der Waals surface area contributed by atoms with Gasteiger partial charge in [-0.2, -0.15) is 8.42 Å². The van der Waals surface area contributed by atoms with E-state index in [1.165, 1.54) is 70.6 Å². The van der Waals surface area contributed by atoms with E-state index in [2.05, 4.69) is 31.3 Å². The van der Waals surface area contributed by atoms with Crippen LogP contribution < -0.4 is 5.32 Å². The molecule has 0 saturated carbocycles. The molecule has 0 aromatic rings. The molecule has 3 unspecified atom stereocenters. The van der Waals surface area contributed by atoms with Crippen molar-refractivity contribution >= 4 is 16.0 Å². The van der Waals surface area contributed by atoms with Crippen LogP contribution in [0.25, 0.3) is 0 Å². The predicted molar refractivity (Wildman–Crippen MR) is 158 cm³/mol. The van der Waals surface area contributed by atoms with Gasteiger partial charge in [0.05, 0.1) is 17.9 Å². The molecule has 0 radical (unpaired) electrons. The first-order valence-corrected chi connectivity index (χ1v) is 16.7. The van der Waals surface area contributed by atoms with Gasteiger partial charge in [-0.15, -0.1) is 0 Å². The third-order valence-corrected chi connectivity index (χ3v) is 7.56. The predicted octanol–water partition coefficient (Wildman–Crippen LogP) is 6.64. The molecule has 0 heterocycles. The molecule has 0 aliphatic rings. The molecule has 224 valence electrons. The summed E-state index contributed by atoms with van der Waals surface area (Å²) in [5.41, 5.74) is 0. The van der Waals surface area contributed by atoms with Crippen LogP contribution in [0.1, 0.15) is 136 Å². The van der Waals surface area contributed by atoms with E-state index in [1.807, 2.05) is 6.08 Å². The molecule has 4 N–H and O–H groups in total. The van der Waals surface area contributed by atoms with Crippen LogP contribution in [0, 0.1) is 0 Å². The molecule has 0 bridgehead atoms. The Hall–Kier alpha value is -1.22. The lowest BCUT2D eigenvalue weighted by Gasteiger charge is -2.24. The Morgan fingerprint density at radius 2 is 1.24 bits per heavy atom. The van der Waals surface area contributed by atoms with Gasteiger partial charge in [-0.3, -0.25) is 9.35 Å². The Morgan fingerprint density at radius 3 is 1.79 bits per heavy atom. The Morgan fingerprint density at radius 1 is 0.737 bits per heavy atom. The minimum Gasteiger partial charge on any atom is -0.391 e. The van der Waals surface area contributed by atoms with Crippen molar-refractivity contribution < 1.29 is 28.0 Å². The number of rotatable bonds is 26. The first-order valence-electron chi connectivity index (χ1n) is 15.1. The number of aliphatic hydroxyl groups is 2. The molecule has 0 aromatic heterocycles. The molecular weight excluding hydrogens is 502 g/mol.